The van der Waals surface area contributed by atoms with Crippen LogP contribution in [0.3, 0.4) is 0 Å². The number of carbonyl (C=O) groups is 1. The molecule has 1 heterocycles. The number of thioether (sulfide) groups is 1. The molecule has 3 heteroatoms. The first-order valence-corrected chi connectivity index (χ1v) is 6.10. The lowest BCUT2D eigenvalue weighted by molar-refractivity contribution is -0.117. The predicted molar refractivity (Wildman–Crippen MR) is 64.2 cm³/mol. The quantitative estimate of drug-likeness (QED) is 0.729. The van der Waals surface area contributed by atoms with Crippen LogP contribution in [0.2, 0.25) is 0 Å². The van der Waals surface area contributed by atoms with E-state index in [1.807, 2.05) is 30.0 Å². The molecule has 0 fully saturated rings. The Morgan fingerprint density at radius 1 is 1.33 bits per heavy atom. The van der Waals surface area contributed by atoms with E-state index >= 15 is 0 Å². The molecule has 0 saturated carbocycles. The van der Waals surface area contributed by atoms with Crippen LogP contribution in [0.1, 0.15) is 20.3 Å². The van der Waals surface area contributed by atoms with Crippen LogP contribution >= 0.6 is 11.8 Å². The van der Waals surface area contributed by atoms with E-state index in [4.69, 9.17) is 0 Å². The van der Waals surface area contributed by atoms with Crippen LogP contribution in [-0.4, -0.2) is 11.2 Å². The standard InChI is InChI=1S/C12H15NOS/c1-8-7-12(14)13-10-5-3-4-6-11(10)15-9(8)2/h3-6,8-9H,7H2,1-2H3,(H,13,14). The number of para-hydroxylation sites is 1. The van der Waals surface area contributed by atoms with Gasteiger partial charge in [0, 0.05) is 16.6 Å². The summed E-state index contributed by atoms with van der Waals surface area (Å²) in [4.78, 5) is 12.8. The molecule has 80 valence electrons. The van der Waals surface area contributed by atoms with Crippen LogP contribution in [0.5, 0.6) is 0 Å². The third-order valence-electron chi connectivity index (χ3n) is 2.78. The zero-order chi connectivity index (χ0) is 10.8. The molecule has 1 aromatic carbocycles. The predicted octanol–water partition coefficient (Wildman–Crippen LogP) is 3.15. The fraction of sp³-hybridized carbons (Fsp3) is 0.417. The summed E-state index contributed by atoms with van der Waals surface area (Å²) in [6, 6.07) is 7.99. The molecule has 1 aliphatic rings. The molecule has 0 radical (unpaired) electrons. The SMILES string of the molecule is CC1CC(=O)Nc2ccccc2SC1C. The summed E-state index contributed by atoms with van der Waals surface area (Å²) in [6.07, 6.45) is 0.614. The average Bonchev–Trinajstić information content (AvgIpc) is 2.19. The fourth-order valence-corrected chi connectivity index (χ4v) is 2.78. The van der Waals surface area contributed by atoms with E-state index in [0.29, 0.717) is 17.6 Å². The van der Waals surface area contributed by atoms with Gasteiger partial charge in [0.2, 0.25) is 5.91 Å². The molecule has 0 spiro atoms. The molecule has 2 nitrogen and oxygen atoms in total. The van der Waals surface area contributed by atoms with Crippen molar-refractivity contribution in [3.8, 4) is 0 Å². The van der Waals surface area contributed by atoms with Crippen molar-refractivity contribution in [2.45, 2.75) is 30.4 Å². The molecule has 15 heavy (non-hydrogen) atoms. The first-order valence-electron chi connectivity index (χ1n) is 5.22. The molecule has 2 rings (SSSR count). The normalized spacial score (nSPS) is 26.1. The fourth-order valence-electron chi connectivity index (χ4n) is 1.65. The maximum absolute atomic E-state index is 11.6. The highest BCUT2D eigenvalue weighted by molar-refractivity contribution is 8.00. The van der Waals surface area contributed by atoms with Crippen LogP contribution in [0, 0.1) is 5.92 Å². The Labute approximate surface area is 94.4 Å². The number of rotatable bonds is 0. The second-order valence-corrected chi connectivity index (χ2v) is 5.47. The lowest BCUT2D eigenvalue weighted by atomic mass is 10.0. The molecular formula is C12H15NOS. The molecule has 0 saturated heterocycles. The van der Waals surface area contributed by atoms with Crippen LogP contribution in [0.15, 0.2) is 29.2 Å². The summed E-state index contributed by atoms with van der Waals surface area (Å²) >= 11 is 1.84. The average molecular weight is 221 g/mol. The number of benzene rings is 1. The van der Waals surface area contributed by atoms with Crippen LogP contribution < -0.4 is 5.32 Å². The van der Waals surface area contributed by atoms with Crippen molar-refractivity contribution in [2.75, 3.05) is 5.32 Å². The van der Waals surface area contributed by atoms with E-state index in [0.717, 1.165) is 5.69 Å². The number of hydrogen-bond donors (Lipinski definition) is 1. The molecule has 1 aromatic rings. The second-order valence-electron chi connectivity index (χ2n) is 4.05. The van der Waals surface area contributed by atoms with Crippen molar-refractivity contribution in [1.29, 1.82) is 0 Å². The highest BCUT2D eigenvalue weighted by Crippen LogP contribution is 2.36. The lowest BCUT2D eigenvalue weighted by Gasteiger charge is -2.24. The number of nitrogens with one attached hydrogen (secondary N) is 1. The number of hydrogen-bond acceptors (Lipinski definition) is 2. The van der Waals surface area contributed by atoms with Gasteiger partial charge in [-0.25, -0.2) is 0 Å². The summed E-state index contributed by atoms with van der Waals surface area (Å²) in [7, 11) is 0. The monoisotopic (exact) mass is 221 g/mol. The number of amides is 1. The Hall–Kier alpha value is -0.960. The van der Waals surface area contributed by atoms with Gasteiger partial charge in [-0.3, -0.25) is 4.79 Å². The van der Waals surface area contributed by atoms with Crippen molar-refractivity contribution in [2.24, 2.45) is 5.92 Å². The van der Waals surface area contributed by atoms with Crippen LogP contribution in [0.25, 0.3) is 0 Å². The first kappa shape index (κ1) is 10.6. The van der Waals surface area contributed by atoms with E-state index in [-0.39, 0.29) is 5.91 Å². The van der Waals surface area contributed by atoms with Gasteiger partial charge >= 0.3 is 0 Å². The molecule has 0 aliphatic carbocycles. The smallest absolute Gasteiger partial charge is 0.224 e. The number of anilines is 1. The third-order valence-corrected chi connectivity index (χ3v) is 4.23. The van der Waals surface area contributed by atoms with Gasteiger partial charge in [-0.2, -0.15) is 0 Å². The Kier molecular flexibility index (Phi) is 3.00. The van der Waals surface area contributed by atoms with Gasteiger partial charge in [0.05, 0.1) is 5.69 Å². The summed E-state index contributed by atoms with van der Waals surface area (Å²) in [6.45, 7) is 4.32. The van der Waals surface area contributed by atoms with Crippen molar-refractivity contribution in [3.63, 3.8) is 0 Å². The minimum absolute atomic E-state index is 0.127. The van der Waals surface area contributed by atoms with E-state index in [1.165, 1.54) is 4.90 Å². The molecule has 2 unspecified atom stereocenters. The van der Waals surface area contributed by atoms with E-state index in [1.54, 1.807) is 0 Å². The van der Waals surface area contributed by atoms with Crippen molar-refractivity contribution in [3.05, 3.63) is 24.3 Å². The van der Waals surface area contributed by atoms with Gasteiger partial charge in [0.25, 0.3) is 0 Å². The Morgan fingerprint density at radius 2 is 2.07 bits per heavy atom. The van der Waals surface area contributed by atoms with E-state index < -0.39 is 0 Å². The summed E-state index contributed by atoms with van der Waals surface area (Å²) in [5, 5.41) is 3.44. The maximum atomic E-state index is 11.6. The molecule has 0 bridgehead atoms. The zero-order valence-electron chi connectivity index (χ0n) is 8.99. The molecule has 1 amide bonds. The number of fused-ring (bicyclic) bond motifs is 1. The Balaban J connectivity index is 2.34. The lowest BCUT2D eigenvalue weighted by Crippen LogP contribution is -2.22. The van der Waals surface area contributed by atoms with Crippen molar-refractivity contribution < 1.29 is 4.79 Å². The topological polar surface area (TPSA) is 29.1 Å². The van der Waals surface area contributed by atoms with Crippen molar-refractivity contribution in [1.82, 2.24) is 0 Å². The highest BCUT2D eigenvalue weighted by Gasteiger charge is 2.21. The van der Waals surface area contributed by atoms with Gasteiger partial charge in [0.1, 0.15) is 0 Å². The van der Waals surface area contributed by atoms with Crippen molar-refractivity contribution >= 4 is 23.4 Å². The highest BCUT2D eigenvalue weighted by atomic mass is 32.2. The summed E-state index contributed by atoms with van der Waals surface area (Å²) < 4.78 is 0. The molecule has 1 aliphatic heterocycles. The molecule has 2 atom stereocenters. The van der Waals surface area contributed by atoms with Gasteiger partial charge in [-0.05, 0) is 18.1 Å². The van der Waals surface area contributed by atoms with Crippen LogP contribution in [-0.2, 0) is 4.79 Å². The Morgan fingerprint density at radius 3 is 2.87 bits per heavy atom. The van der Waals surface area contributed by atoms with E-state index in [9.17, 15) is 4.79 Å². The summed E-state index contributed by atoms with van der Waals surface area (Å²) in [5.41, 5.74) is 0.950. The van der Waals surface area contributed by atoms with Crippen LogP contribution in [0.4, 0.5) is 5.69 Å². The van der Waals surface area contributed by atoms with Gasteiger partial charge < -0.3 is 5.32 Å². The van der Waals surface area contributed by atoms with E-state index in [2.05, 4.69) is 25.2 Å². The molecule has 1 N–H and O–H groups in total. The number of carbonyl (C=O) groups excluding carboxylic acids is 1. The first-order chi connectivity index (χ1) is 7.16. The molecular weight excluding hydrogens is 206 g/mol. The van der Waals surface area contributed by atoms with Gasteiger partial charge in [0.15, 0.2) is 0 Å². The largest absolute Gasteiger partial charge is 0.325 e. The zero-order valence-corrected chi connectivity index (χ0v) is 9.80. The maximum Gasteiger partial charge on any atom is 0.224 e. The van der Waals surface area contributed by atoms with Gasteiger partial charge in [-0.15, -0.1) is 11.8 Å². The molecule has 0 aromatic heterocycles. The Bertz CT molecular complexity index is 378. The minimum Gasteiger partial charge on any atom is -0.325 e. The minimum atomic E-state index is 0.127. The summed E-state index contributed by atoms with van der Waals surface area (Å²) in [5.74, 6) is 0.547. The third kappa shape index (κ3) is 2.34. The second kappa shape index (κ2) is 4.27. The van der Waals surface area contributed by atoms with Gasteiger partial charge in [-0.1, -0.05) is 26.0 Å².